The van der Waals surface area contributed by atoms with Gasteiger partial charge in [0.05, 0.1) is 24.1 Å². The first kappa shape index (κ1) is 15.4. The SMILES string of the molecule is CCC(CC)P(=O)(OCl)OOCC(C)C. The Bertz CT molecular complexity index is 206. The fourth-order valence-corrected chi connectivity index (χ4v) is 2.87. The van der Waals surface area contributed by atoms with E-state index in [0.29, 0.717) is 25.4 Å². The van der Waals surface area contributed by atoms with Crippen LogP contribution in [0.5, 0.6) is 0 Å². The van der Waals surface area contributed by atoms with E-state index in [1.807, 2.05) is 27.7 Å². The predicted molar refractivity (Wildman–Crippen MR) is 60.8 cm³/mol. The lowest BCUT2D eigenvalue weighted by molar-refractivity contribution is -0.220. The van der Waals surface area contributed by atoms with Crippen molar-refractivity contribution in [2.75, 3.05) is 6.61 Å². The summed E-state index contributed by atoms with van der Waals surface area (Å²) in [6.45, 7) is 8.11. The van der Waals surface area contributed by atoms with Gasteiger partial charge in [-0.05, 0) is 18.8 Å². The summed E-state index contributed by atoms with van der Waals surface area (Å²) in [7, 11) is -3.32. The highest BCUT2D eigenvalue weighted by molar-refractivity contribution is 7.55. The average Bonchev–Trinajstić information content (AvgIpc) is 2.19. The van der Waals surface area contributed by atoms with E-state index in [0.717, 1.165) is 0 Å². The molecule has 1 atom stereocenters. The van der Waals surface area contributed by atoms with Crippen LogP contribution in [0.25, 0.3) is 0 Å². The summed E-state index contributed by atoms with van der Waals surface area (Å²) in [5, 5.41) is 0. The maximum atomic E-state index is 12.0. The highest BCUT2D eigenvalue weighted by atomic mass is 35.5. The third kappa shape index (κ3) is 5.32. The average molecular weight is 259 g/mol. The minimum atomic E-state index is -3.32. The Balaban J connectivity index is 4.24. The highest BCUT2D eigenvalue weighted by Gasteiger charge is 2.35. The van der Waals surface area contributed by atoms with Crippen LogP contribution in [0.15, 0.2) is 0 Å². The summed E-state index contributed by atoms with van der Waals surface area (Å²) in [5.41, 5.74) is -0.220. The van der Waals surface area contributed by atoms with E-state index in [1.54, 1.807) is 0 Å². The molecular weight excluding hydrogens is 239 g/mol. The van der Waals surface area contributed by atoms with Crippen LogP contribution in [0, 0.1) is 5.92 Å². The minimum Gasteiger partial charge on any atom is -0.256 e. The van der Waals surface area contributed by atoms with Gasteiger partial charge in [0.25, 0.3) is 0 Å². The second-order valence-corrected chi connectivity index (χ2v) is 6.34. The van der Waals surface area contributed by atoms with Gasteiger partial charge in [0.2, 0.25) is 0 Å². The Kier molecular flexibility index (Phi) is 7.84. The molecule has 0 aliphatic heterocycles. The first-order valence-electron chi connectivity index (χ1n) is 5.21. The van der Waals surface area contributed by atoms with Crippen molar-refractivity contribution in [2.24, 2.45) is 5.92 Å². The van der Waals surface area contributed by atoms with Crippen LogP contribution in [0.4, 0.5) is 0 Å². The van der Waals surface area contributed by atoms with Gasteiger partial charge < -0.3 is 0 Å². The molecule has 0 fully saturated rings. The monoisotopic (exact) mass is 258 g/mol. The van der Waals surface area contributed by atoms with Crippen LogP contribution >= 0.6 is 19.5 Å². The van der Waals surface area contributed by atoms with Gasteiger partial charge in [-0.15, -0.1) is 4.67 Å². The molecule has 0 aliphatic carbocycles. The van der Waals surface area contributed by atoms with Crippen LogP contribution in [-0.4, -0.2) is 12.3 Å². The van der Waals surface area contributed by atoms with E-state index in [-0.39, 0.29) is 5.66 Å². The molecule has 0 aromatic rings. The zero-order chi connectivity index (χ0) is 11.9. The molecule has 0 bridgehead atoms. The molecule has 0 amide bonds. The molecule has 92 valence electrons. The van der Waals surface area contributed by atoms with Crippen molar-refractivity contribution < 1.29 is 18.2 Å². The van der Waals surface area contributed by atoms with Crippen molar-refractivity contribution in [3.63, 3.8) is 0 Å². The van der Waals surface area contributed by atoms with Gasteiger partial charge in [-0.1, -0.05) is 27.7 Å². The first-order valence-corrected chi connectivity index (χ1v) is 7.13. The quantitative estimate of drug-likeness (QED) is 0.373. The molecule has 0 rings (SSSR count). The standard InChI is InChI=1S/C9H20ClO4P/c1-5-9(6-2)15(11,13-10)14-12-7-8(3)4/h8-9H,5-7H2,1-4H3. The third-order valence-electron chi connectivity index (χ3n) is 2.04. The lowest BCUT2D eigenvalue weighted by atomic mass is 10.2. The second kappa shape index (κ2) is 7.64. The second-order valence-electron chi connectivity index (χ2n) is 3.83. The largest absolute Gasteiger partial charge is 0.376 e. The van der Waals surface area contributed by atoms with Crippen LogP contribution in [0.1, 0.15) is 40.5 Å². The third-order valence-corrected chi connectivity index (χ3v) is 4.75. The predicted octanol–water partition coefficient (Wildman–Crippen LogP) is 4.14. The van der Waals surface area contributed by atoms with E-state index >= 15 is 0 Å². The van der Waals surface area contributed by atoms with Gasteiger partial charge in [0, 0.05) is 0 Å². The molecular formula is C9H20ClO4P. The van der Waals surface area contributed by atoms with Crippen LogP contribution in [-0.2, 0) is 18.2 Å². The Morgan fingerprint density at radius 1 is 1.27 bits per heavy atom. The lowest BCUT2D eigenvalue weighted by Crippen LogP contribution is -2.11. The molecule has 0 aromatic heterocycles. The zero-order valence-corrected chi connectivity index (χ0v) is 11.4. The Hall–Kier alpha value is 0.400. The van der Waals surface area contributed by atoms with E-state index in [1.165, 1.54) is 0 Å². The molecule has 0 N–H and O–H groups in total. The van der Waals surface area contributed by atoms with Crippen LogP contribution < -0.4 is 0 Å². The summed E-state index contributed by atoms with van der Waals surface area (Å²) in [5.74, 6) is 0.301. The van der Waals surface area contributed by atoms with Crippen LogP contribution in [0.2, 0.25) is 0 Å². The maximum absolute atomic E-state index is 12.0. The van der Waals surface area contributed by atoms with E-state index in [4.69, 9.17) is 21.4 Å². The molecule has 1 unspecified atom stereocenters. The molecule has 0 saturated carbocycles. The van der Waals surface area contributed by atoms with Crippen LogP contribution in [0.3, 0.4) is 0 Å². The van der Waals surface area contributed by atoms with Gasteiger partial charge in [0.15, 0.2) is 0 Å². The number of halogens is 1. The fourth-order valence-electron chi connectivity index (χ4n) is 1.10. The van der Waals surface area contributed by atoms with E-state index in [9.17, 15) is 4.57 Å². The summed E-state index contributed by atoms with van der Waals surface area (Å²) in [4.78, 5) is 4.86. The first-order chi connectivity index (χ1) is 7.00. The number of rotatable bonds is 8. The Morgan fingerprint density at radius 3 is 2.13 bits per heavy atom. The van der Waals surface area contributed by atoms with Gasteiger partial charge in [-0.2, -0.15) is 4.08 Å². The number of hydrogen-bond acceptors (Lipinski definition) is 4. The van der Waals surface area contributed by atoms with Crippen molar-refractivity contribution in [3.05, 3.63) is 0 Å². The summed E-state index contributed by atoms with van der Waals surface area (Å²) >= 11 is 5.21. The molecule has 0 saturated heterocycles. The highest BCUT2D eigenvalue weighted by Crippen LogP contribution is 2.56. The zero-order valence-electron chi connectivity index (χ0n) is 9.73. The molecule has 0 spiro atoms. The van der Waals surface area contributed by atoms with E-state index < -0.39 is 7.60 Å². The van der Waals surface area contributed by atoms with Gasteiger partial charge in [0.1, 0.15) is 0 Å². The molecule has 6 heteroatoms. The normalized spacial score (nSPS) is 15.9. The van der Waals surface area contributed by atoms with Gasteiger partial charge in [-0.3, -0.25) is 4.57 Å². The Morgan fingerprint density at radius 2 is 1.80 bits per heavy atom. The van der Waals surface area contributed by atoms with E-state index in [2.05, 4.69) is 4.08 Å². The molecule has 0 radical (unpaired) electrons. The topological polar surface area (TPSA) is 44.8 Å². The smallest absolute Gasteiger partial charge is 0.256 e. The van der Waals surface area contributed by atoms with Crippen molar-refractivity contribution in [1.82, 2.24) is 0 Å². The van der Waals surface area contributed by atoms with Crippen molar-refractivity contribution >= 4 is 19.5 Å². The summed E-state index contributed by atoms with van der Waals surface area (Å²) in [6, 6.07) is 0. The molecule has 0 aliphatic rings. The number of hydrogen-bond donors (Lipinski definition) is 0. The minimum absolute atomic E-state index is 0.220. The summed E-state index contributed by atoms with van der Waals surface area (Å²) < 4.78 is 21.3. The molecule has 0 aromatic carbocycles. The van der Waals surface area contributed by atoms with Gasteiger partial charge in [-0.25, -0.2) is 4.89 Å². The lowest BCUT2D eigenvalue weighted by Gasteiger charge is -2.20. The molecule has 4 nitrogen and oxygen atoms in total. The molecule has 0 heterocycles. The van der Waals surface area contributed by atoms with Crippen molar-refractivity contribution in [2.45, 2.75) is 46.2 Å². The Labute approximate surface area is 96.9 Å². The van der Waals surface area contributed by atoms with Crippen molar-refractivity contribution in [1.29, 1.82) is 0 Å². The molecule has 15 heavy (non-hydrogen) atoms. The van der Waals surface area contributed by atoms with Crippen molar-refractivity contribution in [3.8, 4) is 0 Å². The fraction of sp³-hybridized carbons (Fsp3) is 1.00. The summed E-state index contributed by atoms with van der Waals surface area (Å²) in [6.07, 6.45) is 1.34. The van der Waals surface area contributed by atoms with Gasteiger partial charge >= 0.3 is 7.60 Å². The maximum Gasteiger partial charge on any atom is 0.376 e.